The Labute approximate surface area is 199 Å². The van der Waals surface area contributed by atoms with Crippen molar-refractivity contribution in [2.24, 2.45) is 0 Å². The first kappa shape index (κ1) is 23.1. The van der Waals surface area contributed by atoms with Crippen LogP contribution in [0.2, 0.25) is 0 Å². The summed E-state index contributed by atoms with van der Waals surface area (Å²) in [6, 6.07) is 17.3. The minimum absolute atomic E-state index is 0.00197. The molecule has 1 saturated heterocycles. The Hall–Kier alpha value is -4.06. The van der Waals surface area contributed by atoms with Gasteiger partial charge in [-0.05, 0) is 67.8 Å². The van der Waals surface area contributed by atoms with E-state index < -0.39 is 17.7 Å². The zero-order chi connectivity index (χ0) is 24.6. The standard InChI is InChI=1S/C28H27NO5/c1-16-9-11-20(12-10-16)29-24(19-7-6-8-21(15-19)33-4)23(26(31)28(29)32)25(30)22-14-17(2)13-18(3)27(22)34-5/h6-15,24,30H,1-5H3/b25-23+. The van der Waals surface area contributed by atoms with Crippen molar-refractivity contribution >= 4 is 23.1 Å². The molecular formula is C28H27NO5. The first-order chi connectivity index (χ1) is 16.3. The first-order valence-electron chi connectivity index (χ1n) is 10.9. The summed E-state index contributed by atoms with van der Waals surface area (Å²) >= 11 is 0. The van der Waals surface area contributed by atoms with E-state index in [1.54, 1.807) is 43.5 Å². The lowest BCUT2D eigenvalue weighted by Gasteiger charge is -2.26. The van der Waals surface area contributed by atoms with Crippen molar-refractivity contribution in [3.8, 4) is 11.5 Å². The van der Waals surface area contributed by atoms with E-state index in [2.05, 4.69) is 0 Å². The molecule has 1 atom stereocenters. The largest absolute Gasteiger partial charge is 0.507 e. The van der Waals surface area contributed by atoms with E-state index in [9.17, 15) is 14.7 Å². The number of hydrogen-bond acceptors (Lipinski definition) is 5. The van der Waals surface area contributed by atoms with Crippen LogP contribution in [0.4, 0.5) is 5.69 Å². The molecule has 34 heavy (non-hydrogen) atoms. The highest BCUT2D eigenvalue weighted by Gasteiger charge is 2.47. The SMILES string of the molecule is COc1cccc(C2/C(=C(\O)c3cc(C)cc(C)c3OC)C(=O)C(=O)N2c2ccc(C)cc2)c1. The van der Waals surface area contributed by atoms with E-state index in [4.69, 9.17) is 9.47 Å². The topological polar surface area (TPSA) is 76.1 Å². The lowest BCUT2D eigenvalue weighted by Crippen LogP contribution is -2.29. The molecule has 0 aromatic heterocycles. The van der Waals surface area contributed by atoms with Crippen LogP contribution in [0.3, 0.4) is 0 Å². The average molecular weight is 458 g/mol. The van der Waals surface area contributed by atoms with Crippen molar-refractivity contribution in [3.05, 3.63) is 94.1 Å². The van der Waals surface area contributed by atoms with Gasteiger partial charge in [0.25, 0.3) is 11.7 Å². The third kappa shape index (κ3) is 3.92. The molecule has 1 aliphatic rings. The van der Waals surface area contributed by atoms with E-state index in [1.165, 1.54) is 12.0 Å². The highest BCUT2D eigenvalue weighted by molar-refractivity contribution is 6.51. The van der Waals surface area contributed by atoms with Gasteiger partial charge in [-0.1, -0.05) is 35.9 Å². The van der Waals surface area contributed by atoms with Crippen LogP contribution >= 0.6 is 0 Å². The molecule has 174 valence electrons. The summed E-state index contributed by atoms with van der Waals surface area (Å²) in [5.74, 6) is -0.705. The molecule has 1 aliphatic heterocycles. The third-order valence-electron chi connectivity index (χ3n) is 6.04. The second kappa shape index (κ2) is 9.06. The Kier molecular flexibility index (Phi) is 6.16. The van der Waals surface area contributed by atoms with Gasteiger partial charge in [0.2, 0.25) is 0 Å². The van der Waals surface area contributed by atoms with Gasteiger partial charge in [-0.15, -0.1) is 0 Å². The van der Waals surface area contributed by atoms with Crippen LogP contribution < -0.4 is 14.4 Å². The molecule has 1 amide bonds. The summed E-state index contributed by atoms with van der Waals surface area (Å²) in [5, 5.41) is 11.5. The molecule has 3 aromatic rings. The monoisotopic (exact) mass is 457 g/mol. The Morgan fingerprint density at radius 3 is 2.24 bits per heavy atom. The van der Waals surface area contributed by atoms with E-state index in [0.717, 1.165) is 16.7 Å². The van der Waals surface area contributed by atoms with Crippen LogP contribution in [0.1, 0.15) is 33.9 Å². The summed E-state index contributed by atoms with van der Waals surface area (Å²) in [6.07, 6.45) is 0. The minimum Gasteiger partial charge on any atom is -0.507 e. The van der Waals surface area contributed by atoms with Gasteiger partial charge in [0.15, 0.2) is 0 Å². The first-order valence-corrected chi connectivity index (χ1v) is 10.9. The summed E-state index contributed by atoms with van der Waals surface area (Å²) < 4.78 is 10.9. The zero-order valence-electron chi connectivity index (χ0n) is 19.9. The molecule has 0 spiro atoms. The van der Waals surface area contributed by atoms with E-state index >= 15 is 0 Å². The fourth-order valence-electron chi connectivity index (χ4n) is 4.48. The number of ketones is 1. The molecule has 1 fully saturated rings. The van der Waals surface area contributed by atoms with Crippen LogP contribution in [0.25, 0.3) is 5.76 Å². The average Bonchev–Trinajstić information content (AvgIpc) is 3.09. The van der Waals surface area contributed by atoms with Crippen molar-refractivity contribution in [3.63, 3.8) is 0 Å². The van der Waals surface area contributed by atoms with E-state index in [0.29, 0.717) is 28.3 Å². The zero-order valence-corrected chi connectivity index (χ0v) is 19.9. The predicted octanol–water partition coefficient (Wildman–Crippen LogP) is 5.26. The summed E-state index contributed by atoms with van der Waals surface area (Å²) in [7, 11) is 3.06. The van der Waals surface area contributed by atoms with E-state index in [-0.39, 0.29) is 11.3 Å². The highest BCUT2D eigenvalue weighted by atomic mass is 16.5. The molecule has 1 N–H and O–H groups in total. The van der Waals surface area contributed by atoms with Gasteiger partial charge in [0, 0.05) is 5.69 Å². The van der Waals surface area contributed by atoms with Crippen molar-refractivity contribution < 1.29 is 24.2 Å². The number of benzene rings is 3. The van der Waals surface area contributed by atoms with Crippen LogP contribution in [0.5, 0.6) is 11.5 Å². The summed E-state index contributed by atoms with van der Waals surface area (Å²) in [5.41, 5.74) is 4.31. The van der Waals surface area contributed by atoms with Crippen molar-refractivity contribution in [2.45, 2.75) is 26.8 Å². The molecule has 1 heterocycles. The normalized spacial score (nSPS) is 17.2. The molecule has 6 heteroatoms. The lowest BCUT2D eigenvalue weighted by molar-refractivity contribution is -0.132. The molecule has 3 aromatic carbocycles. The lowest BCUT2D eigenvalue weighted by atomic mass is 9.93. The summed E-state index contributed by atoms with van der Waals surface area (Å²) in [6.45, 7) is 5.71. The number of Topliss-reactive ketones (excluding diaryl/α,β-unsaturated/α-hetero) is 1. The van der Waals surface area contributed by atoms with Crippen LogP contribution in [-0.2, 0) is 9.59 Å². The number of hydrogen-bond donors (Lipinski definition) is 1. The molecule has 0 saturated carbocycles. The predicted molar refractivity (Wildman–Crippen MR) is 131 cm³/mol. The molecule has 0 radical (unpaired) electrons. The smallest absolute Gasteiger partial charge is 0.300 e. The van der Waals surface area contributed by atoms with Crippen molar-refractivity contribution in [1.29, 1.82) is 0 Å². The number of methoxy groups -OCH3 is 2. The number of ether oxygens (including phenoxy) is 2. The van der Waals surface area contributed by atoms with E-state index in [1.807, 2.05) is 45.0 Å². The molecule has 1 unspecified atom stereocenters. The summed E-state index contributed by atoms with van der Waals surface area (Å²) in [4.78, 5) is 28.2. The Morgan fingerprint density at radius 1 is 0.882 bits per heavy atom. The number of amides is 1. The maximum Gasteiger partial charge on any atom is 0.300 e. The number of nitrogens with zero attached hydrogens (tertiary/aromatic N) is 1. The van der Waals surface area contributed by atoms with Gasteiger partial charge in [-0.25, -0.2) is 0 Å². The fourth-order valence-corrected chi connectivity index (χ4v) is 4.48. The third-order valence-corrected chi connectivity index (χ3v) is 6.04. The molecular weight excluding hydrogens is 430 g/mol. The van der Waals surface area contributed by atoms with Crippen LogP contribution in [0.15, 0.2) is 66.2 Å². The van der Waals surface area contributed by atoms with Crippen molar-refractivity contribution in [2.75, 3.05) is 19.1 Å². The number of aryl methyl sites for hydroxylation is 3. The van der Waals surface area contributed by atoms with Gasteiger partial charge in [0.1, 0.15) is 17.3 Å². The number of aliphatic hydroxyl groups is 1. The fraction of sp³-hybridized carbons (Fsp3) is 0.214. The van der Waals surface area contributed by atoms with Crippen LogP contribution in [0, 0.1) is 20.8 Å². The maximum atomic E-state index is 13.4. The Bertz CT molecular complexity index is 1310. The number of aliphatic hydroxyl groups excluding tert-OH is 1. The molecule has 6 nitrogen and oxygen atoms in total. The molecule has 0 aliphatic carbocycles. The highest BCUT2D eigenvalue weighted by Crippen LogP contribution is 2.44. The number of carbonyl (C=O) groups excluding carboxylic acids is 2. The molecule has 4 rings (SSSR count). The van der Waals surface area contributed by atoms with Gasteiger partial charge < -0.3 is 14.6 Å². The minimum atomic E-state index is -0.844. The second-order valence-electron chi connectivity index (χ2n) is 8.44. The number of rotatable bonds is 5. The van der Waals surface area contributed by atoms with Crippen LogP contribution in [-0.4, -0.2) is 31.0 Å². The van der Waals surface area contributed by atoms with Gasteiger partial charge in [0.05, 0.1) is 31.4 Å². The number of carbonyl (C=O) groups is 2. The quantitative estimate of drug-likeness (QED) is 0.322. The van der Waals surface area contributed by atoms with Crippen molar-refractivity contribution in [1.82, 2.24) is 0 Å². The Morgan fingerprint density at radius 2 is 1.59 bits per heavy atom. The Balaban J connectivity index is 2.01. The van der Waals surface area contributed by atoms with Gasteiger partial charge in [-0.2, -0.15) is 0 Å². The number of anilines is 1. The molecule has 0 bridgehead atoms. The van der Waals surface area contributed by atoms with Gasteiger partial charge in [-0.3, -0.25) is 14.5 Å². The maximum absolute atomic E-state index is 13.4. The second-order valence-corrected chi connectivity index (χ2v) is 8.44. The van der Waals surface area contributed by atoms with Gasteiger partial charge >= 0.3 is 0 Å².